The van der Waals surface area contributed by atoms with Gasteiger partial charge >= 0.3 is 0 Å². The molecule has 4 heteroatoms. The van der Waals surface area contributed by atoms with E-state index in [0.717, 1.165) is 25.7 Å². The molecular weight excluding hydrogens is 216 g/mol. The van der Waals surface area contributed by atoms with E-state index in [-0.39, 0.29) is 17.6 Å². The van der Waals surface area contributed by atoms with Gasteiger partial charge in [0.1, 0.15) is 0 Å². The molecular formula is C13H26N2O2. The van der Waals surface area contributed by atoms with Gasteiger partial charge in [-0.15, -0.1) is 0 Å². The lowest BCUT2D eigenvalue weighted by molar-refractivity contribution is -0.131. The first kappa shape index (κ1) is 14.5. The second-order valence-corrected chi connectivity index (χ2v) is 5.55. The third kappa shape index (κ3) is 5.04. The maximum atomic E-state index is 12.0. The first-order valence-electron chi connectivity index (χ1n) is 6.64. The first-order valence-corrected chi connectivity index (χ1v) is 6.64. The molecule has 1 rings (SSSR count). The van der Waals surface area contributed by atoms with Gasteiger partial charge in [0.15, 0.2) is 0 Å². The van der Waals surface area contributed by atoms with Crippen molar-refractivity contribution in [1.29, 1.82) is 0 Å². The van der Waals surface area contributed by atoms with E-state index in [1.807, 2.05) is 0 Å². The lowest BCUT2D eigenvalue weighted by Crippen LogP contribution is -2.46. The summed E-state index contributed by atoms with van der Waals surface area (Å²) in [5, 5.41) is 9.19. The van der Waals surface area contributed by atoms with E-state index >= 15 is 0 Å². The molecule has 17 heavy (non-hydrogen) atoms. The Bertz CT molecular complexity index is 248. The van der Waals surface area contributed by atoms with Gasteiger partial charge in [0.05, 0.1) is 6.10 Å². The average molecular weight is 242 g/mol. The smallest absolute Gasteiger partial charge is 0.224 e. The molecule has 0 aromatic heterocycles. The number of rotatable bonds is 5. The summed E-state index contributed by atoms with van der Waals surface area (Å²) in [6.07, 6.45) is 6.16. The third-order valence-corrected chi connectivity index (χ3v) is 3.66. The fourth-order valence-corrected chi connectivity index (χ4v) is 2.37. The van der Waals surface area contributed by atoms with E-state index in [1.54, 1.807) is 18.9 Å². The van der Waals surface area contributed by atoms with Gasteiger partial charge in [-0.25, -0.2) is 0 Å². The van der Waals surface area contributed by atoms with Crippen LogP contribution in [0.5, 0.6) is 0 Å². The van der Waals surface area contributed by atoms with Crippen LogP contribution in [0.2, 0.25) is 0 Å². The van der Waals surface area contributed by atoms with E-state index in [0.29, 0.717) is 19.4 Å². The highest BCUT2D eigenvalue weighted by Crippen LogP contribution is 2.29. The molecule has 0 heterocycles. The van der Waals surface area contributed by atoms with E-state index in [1.165, 1.54) is 6.42 Å². The van der Waals surface area contributed by atoms with Gasteiger partial charge in [0, 0.05) is 25.6 Å². The quantitative estimate of drug-likeness (QED) is 0.763. The molecule has 1 unspecified atom stereocenters. The molecule has 100 valence electrons. The van der Waals surface area contributed by atoms with Crippen molar-refractivity contribution in [3.8, 4) is 0 Å². The second kappa shape index (κ2) is 6.36. The fourth-order valence-electron chi connectivity index (χ4n) is 2.37. The van der Waals surface area contributed by atoms with Gasteiger partial charge in [-0.2, -0.15) is 0 Å². The summed E-state index contributed by atoms with van der Waals surface area (Å²) in [4.78, 5) is 13.7. The molecule has 0 spiro atoms. The zero-order valence-electron chi connectivity index (χ0n) is 11.1. The van der Waals surface area contributed by atoms with Crippen molar-refractivity contribution < 1.29 is 9.90 Å². The van der Waals surface area contributed by atoms with Gasteiger partial charge in [0.25, 0.3) is 0 Å². The number of carbonyl (C=O) groups is 1. The van der Waals surface area contributed by atoms with E-state index in [4.69, 9.17) is 5.73 Å². The predicted octanol–water partition coefficient (Wildman–Crippen LogP) is 1.27. The van der Waals surface area contributed by atoms with E-state index < -0.39 is 0 Å². The van der Waals surface area contributed by atoms with Gasteiger partial charge in [-0.1, -0.05) is 19.3 Å². The maximum absolute atomic E-state index is 12.0. The van der Waals surface area contributed by atoms with Crippen LogP contribution >= 0.6 is 0 Å². The molecule has 1 atom stereocenters. The SMILES string of the molecule is CC(O)CCN(C)C(=O)CC1(N)CCCCC1. The summed E-state index contributed by atoms with van der Waals surface area (Å²) >= 11 is 0. The standard InChI is InChI=1S/C13H26N2O2/c1-11(16)6-9-15(2)12(17)10-13(14)7-4-3-5-8-13/h11,16H,3-10,14H2,1-2H3. The Morgan fingerprint density at radius 1 is 1.41 bits per heavy atom. The van der Waals surface area contributed by atoms with Crippen LogP contribution in [0.1, 0.15) is 51.9 Å². The molecule has 1 aliphatic carbocycles. The average Bonchev–Trinajstić information content (AvgIpc) is 2.26. The summed E-state index contributed by atoms with van der Waals surface area (Å²) in [6.45, 7) is 2.34. The molecule has 1 aliphatic rings. The lowest BCUT2D eigenvalue weighted by Gasteiger charge is -2.34. The van der Waals surface area contributed by atoms with Crippen molar-refractivity contribution in [3.05, 3.63) is 0 Å². The Morgan fingerprint density at radius 2 is 2.00 bits per heavy atom. The highest BCUT2D eigenvalue weighted by atomic mass is 16.3. The predicted molar refractivity (Wildman–Crippen MR) is 68.6 cm³/mol. The second-order valence-electron chi connectivity index (χ2n) is 5.55. The van der Waals surface area contributed by atoms with Crippen molar-refractivity contribution in [2.75, 3.05) is 13.6 Å². The number of aliphatic hydroxyl groups excluding tert-OH is 1. The maximum Gasteiger partial charge on any atom is 0.224 e. The number of hydrogen-bond acceptors (Lipinski definition) is 3. The Hall–Kier alpha value is -0.610. The van der Waals surface area contributed by atoms with Crippen molar-refractivity contribution in [1.82, 2.24) is 4.90 Å². The molecule has 0 saturated heterocycles. The largest absolute Gasteiger partial charge is 0.393 e. The van der Waals surface area contributed by atoms with E-state index in [2.05, 4.69) is 0 Å². The third-order valence-electron chi connectivity index (χ3n) is 3.66. The van der Waals surface area contributed by atoms with Gasteiger partial charge < -0.3 is 15.7 Å². The van der Waals surface area contributed by atoms with Crippen molar-refractivity contribution in [3.63, 3.8) is 0 Å². The Balaban J connectivity index is 2.36. The Labute approximate surface area is 104 Å². The minimum Gasteiger partial charge on any atom is -0.393 e. The van der Waals surface area contributed by atoms with Crippen LogP contribution < -0.4 is 5.73 Å². The molecule has 4 nitrogen and oxygen atoms in total. The number of carbonyl (C=O) groups excluding carboxylic acids is 1. The Morgan fingerprint density at radius 3 is 2.53 bits per heavy atom. The van der Waals surface area contributed by atoms with Gasteiger partial charge in [0.2, 0.25) is 5.91 Å². The fraction of sp³-hybridized carbons (Fsp3) is 0.923. The molecule has 3 N–H and O–H groups in total. The highest BCUT2D eigenvalue weighted by Gasteiger charge is 2.30. The summed E-state index contributed by atoms with van der Waals surface area (Å²) in [6, 6.07) is 0. The van der Waals surface area contributed by atoms with Crippen LogP contribution in [-0.4, -0.2) is 41.1 Å². The van der Waals surface area contributed by atoms with Gasteiger partial charge in [-0.3, -0.25) is 4.79 Å². The van der Waals surface area contributed by atoms with Gasteiger partial charge in [-0.05, 0) is 26.2 Å². The molecule has 1 amide bonds. The summed E-state index contributed by atoms with van der Waals surface area (Å²) in [5.74, 6) is 0.107. The molecule has 0 aromatic rings. The summed E-state index contributed by atoms with van der Waals surface area (Å²) in [5.41, 5.74) is 5.97. The normalized spacial score (nSPS) is 20.9. The number of nitrogens with zero attached hydrogens (tertiary/aromatic N) is 1. The Kier molecular flexibility index (Phi) is 5.40. The number of hydrogen-bond donors (Lipinski definition) is 2. The zero-order valence-corrected chi connectivity index (χ0v) is 11.1. The molecule has 0 bridgehead atoms. The van der Waals surface area contributed by atoms with Crippen LogP contribution in [0.15, 0.2) is 0 Å². The zero-order chi connectivity index (χ0) is 12.9. The molecule has 0 radical (unpaired) electrons. The van der Waals surface area contributed by atoms with Crippen LogP contribution in [-0.2, 0) is 4.79 Å². The van der Waals surface area contributed by atoms with Crippen molar-refractivity contribution in [2.24, 2.45) is 5.73 Å². The van der Waals surface area contributed by atoms with Crippen LogP contribution in [0.25, 0.3) is 0 Å². The highest BCUT2D eigenvalue weighted by molar-refractivity contribution is 5.77. The van der Waals surface area contributed by atoms with Crippen molar-refractivity contribution in [2.45, 2.75) is 63.5 Å². The molecule has 0 aliphatic heterocycles. The van der Waals surface area contributed by atoms with Crippen LogP contribution in [0.3, 0.4) is 0 Å². The summed E-state index contributed by atoms with van der Waals surface area (Å²) in [7, 11) is 1.79. The molecule has 1 fully saturated rings. The van der Waals surface area contributed by atoms with Crippen LogP contribution in [0.4, 0.5) is 0 Å². The summed E-state index contributed by atoms with van der Waals surface area (Å²) < 4.78 is 0. The lowest BCUT2D eigenvalue weighted by atomic mass is 9.80. The number of aliphatic hydroxyl groups is 1. The number of nitrogens with two attached hydrogens (primary N) is 1. The number of amides is 1. The van der Waals surface area contributed by atoms with Crippen molar-refractivity contribution >= 4 is 5.91 Å². The van der Waals surface area contributed by atoms with E-state index in [9.17, 15) is 9.90 Å². The topological polar surface area (TPSA) is 66.6 Å². The monoisotopic (exact) mass is 242 g/mol. The van der Waals surface area contributed by atoms with Crippen LogP contribution in [0, 0.1) is 0 Å². The minimum absolute atomic E-state index is 0.107. The molecule has 1 saturated carbocycles. The first-order chi connectivity index (χ1) is 7.93. The minimum atomic E-state index is -0.355. The molecule has 0 aromatic carbocycles.